The maximum atomic E-state index is 11.1. The number of hydrogen-bond acceptors (Lipinski definition) is 5. The quantitative estimate of drug-likeness (QED) is 0.645. The molecule has 0 aliphatic carbocycles. The zero-order valence-electron chi connectivity index (χ0n) is 12.3. The van der Waals surface area contributed by atoms with Crippen LogP contribution in [0.25, 0.3) is 0 Å². The summed E-state index contributed by atoms with van der Waals surface area (Å²) in [7, 11) is 0. The monoisotopic (exact) mass is 286 g/mol. The Morgan fingerprint density at radius 1 is 1.24 bits per heavy atom. The molecule has 0 saturated heterocycles. The topological polar surface area (TPSA) is 80.1 Å². The summed E-state index contributed by atoms with van der Waals surface area (Å²) < 4.78 is 0. The molecular weight excluding hydrogens is 268 g/mol. The molecule has 1 aromatic carbocycles. The molecule has 1 heterocycles. The zero-order chi connectivity index (χ0) is 15.4. The lowest BCUT2D eigenvalue weighted by molar-refractivity contribution is -0.384. The molecule has 21 heavy (non-hydrogen) atoms. The van der Waals surface area contributed by atoms with Crippen molar-refractivity contribution in [3.05, 3.63) is 51.6 Å². The lowest BCUT2D eigenvalue weighted by Crippen LogP contribution is -2.05. The first-order valence-electron chi connectivity index (χ1n) is 6.75. The Labute approximate surface area is 123 Å². The molecule has 2 N–H and O–H groups in total. The highest BCUT2D eigenvalue weighted by Gasteiger charge is 2.16. The number of nitrogens with zero attached hydrogens (tertiary/aromatic N) is 2. The van der Waals surface area contributed by atoms with Crippen molar-refractivity contribution in [2.45, 2.75) is 20.8 Å². The summed E-state index contributed by atoms with van der Waals surface area (Å²) in [5, 5.41) is 17.3. The fourth-order valence-corrected chi connectivity index (χ4v) is 1.97. The lowest BCUT2D eigenvalue weighted by Gasteiger charge is -2.11. The van der Waals surface area contributed by atoms with Crippen LogP contribution in [0.5, 0.6) is 0 Å². The van der Waals surface area contributed by atoms with Gasteiger partial charge in [0.15, 0.2) is 0 Å². The van der Waals surface area contributed by atoms with Gasteiger partial charge in [-0.25, -0.2) is 4.98 Å². The largest absolute Gasteiger partial charge is 0.370 e. The molecule has 0 bridgehead atoms. The maximum absolute atomic E-state index is 11.1. The predicted molar refractivity (Wildman–Crippen MR) is 84.3 cm³/mol. The summed E-state index contributed by atoms with van der Waals surface area (Å²) in [6.45, 7) is 6.57. The summed E-state index contributed by atoms with van der Waals surface area (Å²) in [5.41, 5.74) is 2.86. The average Bonchev–Trinajstić information content (AvgIpc) is 2.43. The second-order valence-corrected chi connectivity index (χ2v) is 4.80. The fourth-order valence-electron chi connectivity index (χ4n) is 1.97. The van der Waals surface area contributed by atoms with E-state index in [2.05, 4.69) is 15.6 Å². The minimum atomic E-state index is -0.434. The SMILES string of the molecule is CCNc1ccc([N+](=O)[O-])c(Nc2cc(C)ccc2C)n1. The second-order valence-electron chi connectivity index (χ2n) is 4.80. The Balaban J connectivity index is 2.43. The molecule has 0 radical (unpaired) electrons. The first-order valence-corrected chi connectivity index (χ1v) is 6.75. The van der Waals surface area contributed by atoms with E-state index in [9.17, 15) is 10.1 Å². The van der Waals surface area contributed by atoms with Crippen LogP contribution in [0.15, 0.2) is 30.3 Å². The first kappa shape index (κ1) is 14.8. The third kappa shape index (κ3) is 3.47. The summed E-state index contributed by atoms with van der Waals surface area (Å²) in [5.74, 6) is 0.850. The van der Waals surface area contributed by atoms with Gasteiger partial charge in [0.05, 0.1) is 4.92 Å². The average molecular weight is 286 g/mol. The van der Waals surface area contributed by atoms with Crippen molar-refractivity contribution in [2.75, 3.05) is 17.2 Å². The summed E-state index contributed by atoms with van der Waals surface area (Å²) in [6, 6.07) is 8.98. The van der Waals surface area contributed by atoms with Gasteiger partial charge in [-0.15, -0.1) is 0 Å². The van der Waals surface area contributed by atoms with Crippen molar-refractivity contribution < 1.29 is 4.92 Å². The molecule has 0 aliphatic rings. The highest BCUT2D eigenvalue weighted by molar-refractivity contribution is 5.69. The third-order valence-corrected chi connectivity index (χ3v) is 3.07. The van der Waals surface area contributed by atoms with Crippen LogP contribution in [0.1, 0.15) is 18.1 Å². The van der Waals surface area contributed by atoms with Crippen LogP contribution in [-0.4, -0.2) is 16.5 Å². The van der Waals surface area contributed by atoms with E-state index in [0.717, 1.165) is 16.8 Å². The van der Waals surface area contributed by atoms with Gasteiger partial charge in [-0.05, 0) is 44.0 Å². The Hall–Kier alpha value is -2.63. The van der Waals surface area contributed by atoms with Crippen LogP contribution < -0.4 is 10.6 Å². The van der Waals surface area contributed by atoms with Gasteiger partial charge in [0, 0.05) is 18.3 Å². The number of aryl methyl sites for hydroxylation is 2. The highest BCUT2D eigenvalue weighted by Crippen LogP contribution is 2.29. The predicted octanol–water partition coefficient (Wildman–Crippen LogP) is 3.78. The molecule has 0 aliphatic heterocycles. The van der Waals surface area contributed by atoms with Crippen LogP contribution in [0.3, 0.4) is 0 Å². The Kier molecular flexibility index (Phi) is 4.37. The summed E-state index contributed by atoms with van der Waals surface area (Å²) in [4.78, 5) is 15.0. The molecule has 0 unspecified atom stereocenters. The van der Waals surface area contributed by atoms with Crippen LogP contribution in [0.4, 0.5) is 23.0 Å². The summed E-state index contributed by atoms with van der Waals surface area (Å²) >= 11 is 0. The number of rotatable bonds is 5. The van der Waals surface area contributed by atoms with Crippen LogP contribution in [0, 0.1) is 24.0 Å². The molecule has 0 fully saturated rings. The van der Waals surface area contributed by atoms with Crippen LogP contribution in [-0.2, 0) is 0 Å². The van der Waals surface area contributed by atoms with E-state index in [-0.39, 0.29) is 11.5 Å². The molecule has 0 saturated carbocycles. The van der Waals surface area contributed by atoms with E-state index >= 15 is 0 Å². The minimum absolute atomic E-state index is 0.0439. The van der Waals surface area contributed by atoms with Gasteiger partial charge in [0.25, 0.3) is 0 Å². The van der Waals surface area contributed by atoms with E-state index in [0.29, 0.717) is 12.4 Å². The minimum Gasteiger partial charge on any atom is -0.370 e. The molecule has 6 nitrogen and oxygen atoms in total. The van der Waals surface area contributed by atoms with Crippen molar-refractivity contribution in [1.82, 2.24) is 4.98 Å². The van der Waals surface area contributed by atoms with Gasteiger partial charge in [0.1, 0.15) is 5.82 Å². The second kappa shape index (κ2) is 6.21. The van der Waals surface area contributed by atoms with E-state index in [1.54, 1.807) is 6.07 Å². The van der Waals surface area contributed by atoms with Gasteiger partial charge in [-0.1, -0.05) is 12.1 Å². The smallest absolute Gasteiger partial charge is 0.311 e. The highest BCUT2D eigenvalue weighted by atomic mass is 16.6. The van der Waals surface area contributed by atoms with Gasteiger partial charge in [0.2, 0.25) is 5.82 Å². The molecule has 2 rings (SSSR count). The van der Waals surface area contributed by atoms with Crippen molar-refractivity contribution in [2.24, 2.45) is 0 Å². The third-order valence-electron chi connectivity index (χ3n) is 3.07. The van der Waals surface area contributed by atoms with Crippen molar-refractivity contribution in [3.63, 3.8) is 0 Å². The molecule has 1 aromatic heterocycles. The van der Waals surface area contributed by atoms with E-state index in [1.807, 2.05) is 39.0 Å². The number of benzene rings is 1. The van der Waals surface area contributed by atoms with Crippen molar-refractivity contribution >= 4 is 23.0 Å². The molecule has 0 spiro atoms. The fraction of sp³-hybridized carbons (Fsp3) is 0.267. The first-order chi connectivity index (χ1) is 10.0. The van der Waals surface area contributed by atoms with Crippen molar-refractivity contribution in [1.29, 1.82) is 0 Å². The van der Waals surface area contributed by atoms with Crippen molar-refractivity contribution in [3.8, 4) is 0 Å². The Morgan fingerprint density at radius 3 is 2.67 bits per heavy atom. The standard InChI is InChI=1S/C15H18N4O2/c1-4-16-14-8-7-13(19(20)21)15(18-14)17-12-9-10(2)5-6-11(12)3/h5-9H,4H2,1-3H3,(H2,16,17,18). The molecule has 2 aromatic rings. The summed E-state index contributed by atoms with van der Waals surface area (Å²) in [6.07, 6.45) is 0. The number of anilines is 3. The number of hydrogen-bond donors (Lipinski definition) is 2. The van der Waals surface area contributed by atoms with Crippen LogP contribution >= 0.6 is 0 Å². The lowest BCUT2D eigenvalue weighted by atomic mass is 10.1. The molecule has 6 heteroatoms. The number of aromatic nitrogens is 1. The molecular formula is C15H18N4O2. The van der Waals surface area contributed by atoms with Crippen LogP contribution in [0.2, 0.25) is 0 Å². The van der Waals surface area contributed by atoms with Gasteiger partial charge >= 0.3 is 5.69 Å². The Bertz CT molecular complexity index is 671. The maximum Gasteiger partial charge on any atom is 0.311 e. The number of pyridine rings is 1. The zero-order valence-corrected chi connectivity index (χ0v) is 12.3. The van der Waals surface area contributed by atoms with Gasteiger partial charge in [-0.2, -0.15) is 0 Å². The van der Waals surface area contributed by atoms with E-state index < -0.39 is 4.92 Å². The normalized spacial score (nSPS) is 10.2. The molecule has 0 atom stereocenters. The van der Waals surface area contributed by atoms with E-state index in [4.69, 9.17) is 0 Å². The van der Waals surface area contributed by atoms with E-state index in [1.165, 1.54) is 6.07 Å². The van der Waals surface area contributed by atoms with Gasteiger partial charge in [-0.3, -0.25) is 10.1 Å². The molecule has 110 valence electrons. The van der Waals surface area contributed by atoms with Gasteiger partial charge < -0.3 is 10.6 Å². The molecule has 0 amide bonds. The number of nitrogens with one attached hydrogen (secondary N) is 2. The number of nitro groups is 1. The Morgan fingerprint density at radius 2 is 2.00 bits per heavy atom.